The quantitative estimate of drug-likeness (QED) is 0.765. The molecular formula is C14H21ClN2OS. The topological polar surface area (TPSA) is 33.2 Å². The van der Waals surface area contributed by atoms with E-state index in [0.717, 1.165) is 30.4 Å². The summed E-state index contributed by atoms with van der Waals surface area (Å²) in [5.41, 5.74) is 0.366. The van der Waals surface area contributed by atoms with Gasteiger partial charge in [-0.1, -0.05) is 43.7 Å². The number of carbonyl (C=O) groups excluding carboxylic acids is 1. The average molecular weight is 301 g/mol. The minimum atomic E-state index is 0.339. The van der Waals surface area contributed by atoms with Crippen molar-refractivity contribution in [3.05, 3.63) is 10.0 Å². The second kappa shape index (κ2) is 5.80. The van der Waals surface area contributed by atoms with Gasteiger partial charge in [0.05, 0.1) is 0 Å². The summed E-state index contributed by atoms with van der Waals surface area (Å²) in [6.07, 6.45) is 4.41. The predicted octanol–water partition coefficient (Wildman–Crippen LogP) is 4.26. The van der Waals surface area contributed by atoms with Gasteiger partial charge in [-0.25, -0.2) is 4.98 Å². The Morgan fingerprint density at radius 2 is 2.11 bits per heavy atom. The first-order valence-corrected chi connectivity index (χ1v) is 7.97. The first-order chi connectivity index (χ1) is 8.91. The Labute approximate surface area is 124 Å². The van der Waals surface area contributed by atoms with E-state index in [0.29, 0.717) is 15.4 Å². The van der Waals surface area contributed by atoms with Gasteiger partial charge in [0.1, 0.15) is 4.88 Å². The molecule has 106 valence electrons. The van der Waals surface area contributed by atoms with Crippen molar-refractivity contribution < 1.29 is 4.79 Å². The molecule has 0 amide bonds. The number of hydrogen-bond donors (Lipinski definition) is 0. The van der Waals surface area contributed by atoms with Crippen LogP contribution >= 0.6 is 22.9 Å². The van der Waals surface area contributed by atoms with Crippen molar-refractivity contribution in [3.8, 4) is 0 Å². The molecule has 0 radical (unpaired) electrons. The van der Waals surface area contributed by atoms with Crippen LogP contribution in [0, 0.1) is 11.3 Å². The monoisotopic (exact) mass is 300 g/mol. The summed E-state index contributed by atoms with van der Waals surface area (Å²) in [7, 11) is 0. The molecule has 1 aliphatic heterocycles. The van der Waals surface area contributed by atoms with Gasteiger partial charge in [0.25, 0.3) is 0 Å². The lowest BCUT2D eigenvalue weighted by atomic mass is 9.77. The number of anilines is 1. The molecule has 1 unspecified atom stereocenters. The van der Waals surface area contributed by atoms with Gasteiger partial charge in [0, 0.05) is 13.1 Å². The largest absolute Gasteiger partial charge is 0.348 e. The Kier molecular flexibility index (Phi) is 4.51. The number of carbonyl (C=O) groups is 1. The molecule has 0 saturated carbocycles. The Morgan fingerprint density at radius 3 is 2.68 bits per heavy atom. The van der Waals surface area contributed by atoms with Gasteiger partial charge in [0.15, 0.2) is 16.6 Å². The number of thiazole rings is 1. The van der Waals surface area contributed by atoms with Crippen LogP contribution in [0.25, 0.3) is 0 Å². The van der Waals surface area contributed by atoms with Crippen LogP contribution < -0.4 is 4.90 Å². The minimum Gasteiger partial charge on any atom is -0.348 e. The van der Waals surface area contributed by atoms with Crippen molar-refractivity contribution in [1.29, 1.82) is 0 Å². The zero-order chi connectivity index (χ0) is 14.0. The highest BCUT2D eigenvalue weighted by Crippen LogP contribution is 2.36. The van der Waals surface area contributed by atoms with Gasteiger partial charge in [-0.05, 0) is 30.6 Å². The number of rotatable bonds is 2. The van der Waals surface area contributed by atoms with E-state index in [1.165, 1.54) is 30.6 Å². The molecule has 0 bridgehead atoms. The molecular weight excluding hydrogens is 280 g/mol. The first kappa shape index (κ1) is 14.8. The fourth-order valence-electron chi connectivity index (χ4n) is 2.66. The van der Waals surface area contributed by atoms with Gasteiger partial charge in [0.2, 0.25) is 0 Å². The summed E-state index contributed by atoms with van der Waals surface area (Å²) in [5, 5.41) is 1.23. The molecule has 1 saturated heterocycles. The fraction of sp³-hybridized carbons (Fsp3) is 0.714. The summed E-state index contributed by atoms with van der Waals surface area (Å²) in [6.45, 7) is 8.97. The maximum Gasteiger partial charge on any atom is 0.187 e. The lowest BCUT2D eigenvalue weighted by Gasteiger charge is -2.29. The molecule has 1 atom stereocenters. The van der Waals surface area contributed by atoms with Crippen LogP contribution in [0.5, 0.6) is 0 Å². The van der Waals surface area contributed by atoms with E-state index in [4.69, 9.17) is 11.6 Å². The van der Waals surface area contributed by atoms with Crippen LogP contribution in [-0.2, 0) is 0 Å². The van der Waals surface area contributed by atoms with Gasteiger partial charge < -0.3 is 4.90 Å². The molecule has 3 nitrogen and oxygen atoms in total. The van der Waals surface area contributed by atoms with Gasteiger partial charge >= 0.3 is 0 Å². The van der Waals surface area contributed by atoms with E-state index in [1.807, 2.05) is 0 Å². The van der Waals surface area contributed by atoms with Crippen molar-refractivity contribution in [2.45, 2.75) is 40.0 Å². The number of aldehydes is 1. The van der Waals surface area contributed by atoms with Gasteiger partial charge in [-0.15, -0.1) is 0 Å². The minimum absolute atomic E-state index is 0.339. The van der Waals surface area contributed by atoms with E-state index in [-0.39, 0.29) is 0 Å². The van der Waals surface area contributed by atoms with E-state index in [9.17, 15) is 4.79 Å². The third-order valence-corrected chi connectivity index (χ3v) is 5.37. The van der Waals surface area contributed by atoms with Gasteiger partial charge in [-0.3, -0.25) is 4.79 Å². The molecule has 1 aromatic rings. The second-order valence-corrected chi connectivity index (χ2v) is 7.62. The summed E-state index contributed by atoms with van der Waals surface area (Å²) in [4.78, 5) is 18.0. The Bertz CT molecular complexity index is 453. The average Bonchev–Trinajstić information content (AvgIpc) is 2.57. The number of hydrogen-bond acceptors (Lipinski definition) is 4. The molecule has 2 rings (SSSR count). The maximum atomic E-state index is 10.8. The predicted molar refractivity (Wildman–Crippen MR) is 81.5 cm³/mol. The van der Waals surface area contributed by atoms with Crippen LogP contribution in [0.4, 0.5) is 5.13 Å². The van der Waals surface area contributed by atoms with Gasteiger partial charge in [-0.2, -0.15) is 0 Å². The zero-order valence-corrected chi connectivity index (χ0v) is 13.4. The third-order valence-electron chi connectivity index (χ3n) is 3.93. The van der Waals surface area contributed by atoms with Crippen molar-refractivity contribution in [2.24, 2.45) is 11.3 Å². The summed E-state index contributed by atoms with van der Waals surface area (Å²) in [6, 6.07) is 0. The Balaban J connectivity index is 2.08. The molecule has 1 fully saturated rings. The summed E-state index contributed by atoms with van der Waals surface area (Å²) < 4.78 is 0. The number of aromatic nitrogens is 1. The number of nitrogens with zero attached hydrogens (tertiary/aromatic N) is 2. The zero-order valence-electron chi connectivity index (χ0n) is 11.8. The lowest BCUT2D eigenvalue weighted by molar-refractivity contribution is 0.112. The summed E-state index contributed by atoms with van der Waals surface area (Å²) >= 11 is 7.35. The van der Waals surface area contributed by atoms with Crippen LogP contribution in [-0.4, -0.2) is 24.4 Å². The Morgan fingerprint density at radius 1 is 1.37 bits per heavy atom. The number of halogens is 1. The molecule has 2 heterocycles. The molecule has 0 N–H and O–H groups in total. The van der Waals surface area contributed by atoms with E-state index in [1.54, 1.807) is 0 Å². The highest BCUT2D eigenvalue weighted by atomic mass is 35.5. The van der Waals surface area contributed by atoms with Crippen LogP contribution in [0.15, 0.2) is 0 Å². The molecule has 0 aliphatic carbocycles. The molecule has 1 aromatic heterocycles. The first-order valence-electron chi connectivity index (χ1n) is 6.78. The maximum absolute atomic E-state index is 10.8. The standard InChI is InChI=1S/C14H21ClN2OS/c1-14(2,3)10-5-4-7-17(8-6-10)13-16-12(15)11(9-18)19-13/h9-10H,4-8H2,1-3H3. The van der Waals surface area contributed by atoms with E-state index >= 15 is 0 Å². The molecule has 1 aliphatic rings. The molecule has 5 heteroatoms. The van der Waals surface area contributed by atoms with E-state index in [2.05, 4.69) is 30.7 Å². The SMILES string of the molecule is CC(C)(C)C1CCCN(c2nc(Cl)c(C=O)s2)CC1. The van der Waals surface area contributed by atoms with Crippen LogP contribution in [0.1, 0.15) is 49.7 Å². The normalized spacial score (nSPS) is 21.3. The van der Waals surface area contributed by atoms with Crippen molar-refractivity contribution in [2.75, 3.05) is 18.0 Å². The van der Waals surface area contributed by atoms with E-state index < -0.39 is 0 Å². The van der Waals surface area contributed by atoms with Crippen LogP contribution in [0.3, 0.4) is 0 Å². The van der Waals surface area contributed by atoms with Crippen molar-refractivity contribution >= 4 is 34.4 Å². The Hall–Kier alpha value is -0.610. The van der Waals surface area contributed by atoms with Crippen molar-refractivity contribution in [3.63, 3.8) is 0 Å². The highest BCUT2D eigenvalue weighted by Gasteiger charge is 2.28. The fourth-order valence-corrected chi connectivity index (χ4v) is 3.78. The molecule has 0 aromatic carbocycles. The summed E-state index contributed by atoms with van der Waals surface area (Å²) in [5.74, 6) is 0.749. The highest BCUT2D eigenvalue weighted by molar-refractivity contribution is 7.17. The molecule has 0 spiro atoms. The molecule has 19 heavy (non-hydrogen) atoms. The van der Waals surface area contributed by atoms with Crippen molar-refractivity contribution in [1.82, 2.24) is 4.98 Å². The second-order valence-electron chi connectivity index (χ2n) is 6.25. The smallest absolute Gasteiger partial charge is 0.187 e. The lowest BCUT2D eigenvalue weighted by Crippen LogP contribution is -2.25. The third kappa shape index (κ3) is 3.48. The van der Waals surface area contributed by atoms with Crippen LogP contribution in [0.2, 0.25) is 5.15 Å².